The van der Waals surface area contributed by atoms with Crippen LogP contribution in [0.5, 0.6) is 0 Å². The first-order valence-electron chi connectivity index (χ1n) is 15.9. The van der Waals surface area contributed by atoms with Gasteiger partial charge in [0.05, 0.1) is 16.1 Å². The van der Waals surface area contributed by atoms with Crippen molar-refractivity contribution in [3.05, 3.63) is 164 Å². The summed E-state index contributed by atoms with van der Waals surface area (Å²) in [7, 11) is 0. The van der Waals surface area contributed by atoms with Gasteiger partial charge in [0.1, 0.15) is 0 Å². The number of benzene rings is 8. The van der Waals surface area contributed by atoms with Crippen molar-refractivity contribution in [1.82, 2.24) is 0 Å². The van der Waals surface area contributed by atoms with Gasteiger partial charge < -0.3 is 4.90 Å². The highest BCUT2D eigenvalue weighted by Crippen LogP contribution is 2.50. The van der Waals surface area contributed by atoms with E-state index in [2.05, 4.69) is 169 Å². The molecule has 0 unspecified atom stereocenters. The van der Waals surface area contributed by atoms with Gasteiger partial charge in [-0.05, 0) is 57.6 Å². The summed E-state index contributed by atoms with van der Waals surface area (Å²) in [5, 5.41) is 10.5. The van der Waals surface area contributed by atoms with Gasteiger partial charge in [-0.2, -0.15) is 0 Å². The Bertz CT molecular complexity index is 2780. The summed E-state index contributed by atoms with van der Waals surface area (Å²) in [6.45, 7) is 0. The molecule has 0 aliphatic carbocycles. The van der Waals surface area contributed by atoms with E-state index in [4.69, 9.17) is 0 Å². The van der Waals surface area contributed by atoms with E-state index in [1.54, 1.807) is 0 Å². The third-order valence-corrected chi connectivity index (χ3v) is 11.9. The van der Waals surface area contributed by atoms with Gasteiger partial charge >= 0.3 is 0 Å². The molecule has 10 rings (SSSR count). The topological polar surface area (TPSA) is 3.24 Å². The third kappa shape index (κ3) is 4.14. The van der Waals surface area contributed by atoms with Gasteiger partial charge in [-0.25, -0.2) is 0 Å². The Morgan fingerprint density at radius 2 is 0.957 bits per heavy atom. The maximum atomic E-state index is 2.46. The zero-order valence-corrected chi connectivity index (χ0v) is 27.0. The fourth-order valence-electron chi connectivity index (χ4n) is 7.25. The molecule has 2 heterocycles. The SMILES string of the molecule is c1ccc(-c2ccc(N(c3cccc4ccccc34)c3cccc4c3sc3ccc5c6ccc7ccccc7c6sc5c34)cc2)cc1. The number of hydrogen-bond acceptors (Lipinski definition) is 3. The highest BCUT2D eigenvalue weighted by molar-refractivity contribution is 7.30. The Morgan fingerprint density at radius 3 is 1.81 bits per heavy atom. The minimum absolute atomic E-state index is 1.14. The summed E-state index contributed by atoms with van der Waals surface area (Å²) in [4.78, 5) is 2.46. The molecule has 220 valence electrons. The molecular formula is C44H27NS2. The van der Waals surface area contributed by atoms with Gasteiger partial charge in [0.2, 0.25) is 0 Å². The van der Waals surface area contributed by atoms with Crippen molar-refractivity contribution in [2.75, 3.05) is 4.90 Å². The molecule has 3 heteroatoms. The van der Waals surface area contributed by atoms with E-state index < -0.39 is 0 Å². The largest absolute Gasteiger partial charge is 0.308 e. The summed E-state index contributed by atoms with van der Waals surface area (Å²) in [6, 6.07) is 59.9. The quantitative estimate of drug-likeness (QED) is 0.186. The highest BCUT2D eigenvalue weighted by atomic mass is 32.1. The standard InChI is InChI=1S/C44H27NS2/c1-2-10-28(11-3-1)29-20-23-32(24-21-29)45(38-18-8-14-30-12-4-6-15-33(30)38)39-19-9-17-37-41-40(46-43(37)39)27-26-36-35-25-22-31-13-5-7-16-34(31)42(35)47-44(36)41/h1-27H. The van der Waals surface area contributed by atoms with Crippen LogP contribution in [-0.2, 0) is 0 Å². The average Bonchev–Trinajstić information content (AvgIpc) is 3.72. The minimum Gasteiger partial charge on any atom is -0.308 e. The second-order valence-corrected chi connectivity index (χ2v) is 14.2. The predicted octanol–water partition coefficient (Wildman–Crippen LogP) is 13.9. The maximum Gasteiger partial charge on any atom is 0.0640 e. The Morgan fingerprint density at radius 1 is 0.340 bits per heavy atom. The van der Waals surface area contributed by atoms with Crippen LogP contribution in [0.2, 0.25) is 0 Å². The van der Waals surface area contributed by atoms with Crippen molar-refractivity contribution in [2.45, 2.75) is 0 Å². The molecule has 0 saturated heterocycles. The van der Waals surface area contributed by atoms with Crippen LogP contribution in [0.25, 0.3) is 73.0 Å². The van der Waals surface area contributed by atoms with Crippen LogP contribution in [0, 0.1) is 0 Å². The maximum absolute atomic E-state index is 2.46. The summed E-state index contributed by atoms with van der Waals surface area (Å²) >= 11 is 3.85. The molecule has 8 aromatic carbocycles. The lowest BCUT2D eigenvalue weighted by atomic mass is 10.0. The molecule has 0 saturated carbocycles. The number of anilines is 3. The first-order valence-corrected chi connectivity index (χ1v) is 17.6. The molecule has 0 fully saturated rings. The molecule has 10 aromatic rings. The fraction of sp³-hybridized carbons (Fsp3) is 0. The molecule has 47 heavy (non-hydrogen) atoms. The van der Waals surface area contributed by atoms with E-state index in [0.29, 0.717) is 0 Å². The first kappa shape index (κ1) is 26.7. The van der Waals surface area contributed by atoms with Gasteiger partial charge in [0, 0.05) is 46.7 Å². The molecular weight excluding hydrogens is 607 g/mol. The smallest absolute Gasteiger partial charge is 0.0640 e. The van der Waals surface area contributed by atoms with Gasteiger partial charge in [0.15, 0.2) is 0 Å². The van der Waals surface area contributed by atoms with E-state index >= 15 is 0 Å². The molecule has 0 amide bonds. The van der Waals surface area contributed by atoms with E-state index in [9.17, 15) is 0 Å². The number of nitrogens with zero attached hydrogens (tertiary/aromatic N) is 1. The van der Waals surface area contributed by atoms with Crippen LogP contribution in [-0.4, -0.2) is 0 Å². The summed E-state index contributed by atoms with van der Waals surface area (Å²) in [5.74, 6) is 0. The lowest BCUT2D eigenvalue weighted by Gasteiger charge is -2.27. The molecule has 0 radical (unpaired) electrons. The molecule has 0 bridgehead atoms. The summed E-state index contributed by atoms with van der Waals surface area (Å²) < 4.78 is 5.38. The number of fused-ring (bicyclic) bond motifs is 10. The Kier molecular flexibility index (Phi) is 5.98. The van der Waals surface area contributed by atoms with Crippen molar-refractivity contribution >= 4 is 102 Å². The van der Waals surface area contributed by atoms with E-state index in [1.165, 1.54) is 84.4 Å². The van der Waals surface area contributed by atoms with E-state index in [1.807, 2.05) is 22.7 Å². The predicted molar refractivity (Wildman–Crippen MR) is 207 cm³/mol. The average molecular weight is 634 g/mol. The second-order valence-electron chi connectivity index (χ2n) is 12.1. The number of thiophene rings is 2. The normalized spacial score (nSPS) is 11.8. The van der Waals surface area contributed by atoms with Gasteiger partial charge in [-0.15, -0.1) is 22.7 Å². The molecule has 0 aliphatic heterocycles. The van der Waals surface area contributed by atoms with Crippen molar-refractivity contribution < 1.29 is 0 Å². The minimum atomic E-state index is 1.14. The van der Waals surface area contributed by atoms with Gasteiger partial charge in [-0.1, -0.05) is 133 Å². The van der Waals surface area contributed by atoms with E-state index in [-0.39, 0.29) is 0 Å². The Hall–Kier alpha value is -5.48. The van der Waals surface area contributed by atoms with Crippen LogP contribution >= 0.6 is 22.7 Å². The first-order chi connectivity index (χ1) is 23.3. The van der Waals surface area contributed by atoms with Crippen LogP contribution in [0.15, 0.2) is 164 Å². The Labute approximate surface area is 280 Å². The van der Waals surface area contributed by atoms with Crippen LogP contribution in [0.3, 0.4) is 0 Å². The van der Waals surface area contributed by atoms with E-state index in [0.717, 1.165) is 5.69 Å². The third-order valence-electron chi connectivity index (χ3n) is 9.45. The Balaban J connectivity index is 1.24. The molecule has 0 spiro atoms. The summed E-state index contributed by atoms with van der Waals surface area (Å²) in [5.41, 5.74) is 5.96. The zero-order chi connectivity index (χ0) is 30.9. The zero-order valence-electron chi connectivity index (χ0n) is 25.4. The van der Waals surface area contributed by atoms with Gasteiger partial charge in [0.25, 0.3) is 0 Å². The summed E-state index contributed by atoms with van der Waals surface area (Å²) in [6.07, 6.45) is 0. The van der Waals surface area contributed by atoms with Crippen molar-refractivity contribution in [2.24, 2.45) is 0 Å². The van der Waals surface area contributed by atoms with Crippen LogP contribution in [0.4, 0.5) is 17.1 Å². The highest BCUT2D eigenvalue weighted by Gasteiger charge is 2.21. The number of hydrogen-bond donors (Lipinski definition) is 0. The van der Waals surface area contributed by atoms with Crippen LogP contribution < -0.4 is 4.90 Å². The van der Waals surface area contributed by atoms with Crippen molar-refractivity contribution in [1.29, 1.82) is 0 Å². The molecule has 2 aromatic heterocycles. The lowest BCUT2D eigenvalue weighted by molar-refractivity contribution is 1.32. The molecule has 0 atom stereocenters. The lowest BCUT2D eigenvalue weighted by Crippen LogP contribution is -2.10. The fourth-order valence-corrected chi connectivity index (χ4v) is 9.93. The van der Waals surface area contributed by atoms with Crippen LogP contribution in [0.1, 0.15) is 0 Å². The number of rotatable bonds is 4. The molecule has 1 nitrogen and oxygen atoms in total. The second kappa shape index (κ2) is 10.5. The van der Waals surface area contributed by atoms with Crippen molar-refractivity contribution in [3.63, 3.8) is 0 Å². The van der Waals surface area contributed by atoms with Crippen molar-refractivity contribution in [3.8, 4) is 11.1 Å². The van der Waals surface area contributed by atoms with Gasteiger partial charge in [-0.3, -0.25) is 0 Å². The molecule has 0 N–H and O–H groups in total. The monoisotopic (exact) mass is 633 g/mol. The molecule has 0 aliphatic rings.